The van der Waals surface area contributed by atoms with E-state index in [0.29, 0.717) is 58.8 Å². The third-order valence-electron chi connectivity index (χ3n) is 19.0. The van der Waals surface area contributed by atoms with Crippen LogP contribution in [0, 0.1) is 5.92 Å². The van der Waals surface area contributed by atoms with Crippen molar-refractivity contribution in [2.75, 3.05) is 45.2 Å². The number of rotatable bonds is 45. The number of pyridine rings is 2. The van der Waals surface area contributed by atoms with Crippen molar-refractivity contribution < 1.29 is 67.4 Å². The zero-order valence-corrected chi connectivity index (χ0v) is 66.2. The van der Waals surface area contributed by atoms with Crippen molar-refractivity contribution in [2.45, 2.75) is 191 Å². The van der Waals surface area contributed by atoms with Crippen molar-refractivity contribution >= 4 is 105 Å². The van der Waals surface area contributed by atoms with Crippen molar-refractivity contribution in [3.8, 4) is 0 Å². The predicted octanol–water partition coefficient (Wildman–Crippen LogP) is 2.40. The Bertz CT molecular complexity index is 4240. The number of halogens is 1. The van der Waals surface area contributed by atoms with Gasteiger partial charge in [-0.2, -0.15) is 0 Å². The third kappa shape index (κ3) is 29.7. The van der Waals surface area contributed by atoms with Crippen LogP contribution in [0.1, 0.15) is 132 Å². The lowest BCUT2D eigenvalue weighted by Gasteiger charge is -2.31. The molecule has 4 aromatic carbocycles. The van der Waals surface area contributed by atoms with Crippen LogP contribution >= 0.6 is 11.6 Å². The van der Waals surface area contributed by atoms with E-state index in [9.17, 15) is 57.8 Å². The van der Waals surface area contributed by atoms with Gasteiger partial charge in [0.05, 0.1) is 13.2 Å². The van der Waals surface area contributed by atoms with E-state index in [1.54, 1.807) is 79.8 Å². The maximum Gasteiger partial charge on any atom is 0.269 e. The molecule has 0 radical (unpaired) electrons. The van der Waals surface area contributed by atoms with Gasteiger partial charge in [-0.1, -0.05) is 118 Å². The van der Waals surface area contributed by atoms with Crippen molar-refractivity contribution in [1.29, 1.82) is 0 Å². The number of amides is 13. The smallest absolute Gasteiger partial charge is 0.269 e. The van der Waals surface area contributed by atoms with Crippen molar-refractivity contribution in [3.63, 3.8) is 0 Å². The van der Waals surface area contributed by atoms with Crippen LogP contribution in [0.15, 0.2) is 140 Å². The molecule has 0 unspecified atom stereocenters. The number of hydrogen-bond acceptors (Lipinski definition) is 18. The molecule has 1 aliphatic heterocycles. The Morgan fingerprint density at radius 3 is 1.65 bits per heavy atom. The predicted molar refractivity (Wildman–Crippen MR) is 430 cm³/mol. The Hall–Kier alpha value is -11.3. The molecular formula is C82H108ClN17O14. The summed E-state index contributed by atoms with van der Waals surface area (Å²) in [7, 11) is 1.61. The highest BCUT2D eigenvalue weighted by atomic mass is 35.5. The average Bonchev–Trinajstić information content (AvgIpc) is 1.53. The molecule has 0 bridgehead atoms. The number of aromatic nitrogens is 2. The molecule has 1 aliphatic rings. The maximum absolute atomic E-state index is 15.3. The Morgan fingerprint density at radius 1 is 0.544 bits per heavy atom. The number of likely N-dealkylation sites (N-methyl/N-ethyl adjacent to an activating group) is 1. The maximum atomic E-state index is 15.3. The highest BCUT2D eigenvalue weighted by Crippen LogP contribution is 2.23. The van der Waals surface area contributed by atoms with Crippen molar-refractivity contribution in [2.24, 2.45) is 11.7 Å². The van der Waals surface area contributed by atoms with E-state index in [-0.39, 0.29) is 107 Å². The monoisotopic (exact) mass is 1590 g/mol. The zero-order valence-electron chi connectivity index (χ0n) is 65.5. The first-order valence-corrected chi connectivity index (χ1v) is 38.9. The lowest BCUT2D eigenvalue weighted by atomic mass is 9.99. The average molecular weight is 1590 g/mol. The summed E-state index contributed by atoms with van der Waals surface area (Å²) in [5.41, 5.74) is 8.14. The van der Waals surface area contributed by atoms with E-state index in [0.717, 1.165) is 10.8 Å². The molecule has 13 amide bonds. The van der Waals surface area contributed by atoms with Gasteiger partial charge < -0.3 is 84.9 Å². The number of anilines is 1. The number of carbonyl (C=O) groups is 13. The minimum absolute atomic E-state index is 0.00136. The van der Waals surface area contributed by atoms with Crippen LogP contribution in [0.4, 0.5) is 5.69 Å². The molecule has 7 rings (SSSR count). The molecule has 1 fully saturated rings. The fraction of sp³-hybridized carbons (Fsp3) is 0.451. The van der Waals surface area contributed by atoms with Gasteiger partial charge in [-0.15, -0.1) is 0 Å². The Morgan fingerprint density at radius 2 is 1.07 bits per heavy atom. The highest BCUT2D eigenvalue weighted by Gasteiger charge is 2.40. The molecule has 10 atom stereocenters. The second kappa shape index (κ2) is 46.0. The van der Waals surface area contributed by atoms with Crippen LogP contribution < -0.4 is 74.9 Å². The fourth-order valence-electron chi connectivity index (χ4n) is 13.0. The Labute approximate surface area is 668 Å². The molecule has 32 heteroatoms. The van der Waals surface area contributed by atoms with E-state index in [1.807, 2.05) is 70.2 Å². The standard InChI is InChI=1S/C82H108ClN17O14/c1-49(2)40-64(75(107)94-63(23-12-13-36-87-50(3)4)82(114)100-39-17-24-70(100)81(113)90-51(5)72(84)104)95-77(109)66(43-54-28-33-60(34-29-54)92-71(103)47-85-7)96-74(106)62(22-11-15-38-89-73(105)61-21-10-14-37-88-61)93-80(112)69(48-101)99-79(111)68(45-56-18-16-35-86-46-56)98-78(110)67(42-53-26-31-59(83)32-27-53)97-76(108)65(91-52(6)102)44-55-25-30-57-19-8-9-20-58(57)41-55/h8-10,14,16,18-21,25-35,37,41,46,49-51,62-70,85,87,101H,11-13,15,17,22-24,36,38-40,42-45,47-48H2,1-7H3,(H2,84,104)(H,89,105)(H,90,113)(H,91,102)(H,92,103)(H,93,112)(H,94,107)(H,95,109)(H,96,106)(H,97,108)(H,98,110)(H,99,111)/t51-,62+,63+,64+,65-,66-,67-,68-,69+,70+/m1/s1. The van der Waals surface area contributed by atoms with Gasteiger partial charge in [0.1, 0.15) is 66.1 Å². The molecular weight excluding hydrogens is 1480 g/mol. The van der Waals surface area contributed by atoms with Crippen molar-refractivity contribution in [1.82, 2.24) is 78.7 Å². The van der Waals surface area contributed by atoms with Gasteiger partial charge in [0.25, 0.3) is 5.91 Å². The highest BCUT2D eigenvalue weighted by molar-refractivity contribution is 6.30. The summed E-state index contributed by atoms with van der Waals surface area (Å²) < 4.78 is 0. The summed E-state index contributed by atoms with van der Waals surface area (Å²) in [6.07, 6.45) is 5.85. The third-order valence-corrected chi connectivity index (χ3v) is 19.2. The number of aliphatic hydroxyl groups is 1. The Kier molecular flexibility index (Phi) is 36.3. The Balaban J connectivity index is 1.18. The first kappa shape index (κ1) is 89.9. The van der Waals surface area contributed by atoms with Crippen LogP contribution in [0.25, 0.3) is 10.8 Å². The van der Waals surface area contributed by atoms with Gasteiger partial charge in [0.15, 0.2) is 0 Å². The number of nitrogens with zero attached hydrogens (tertiary/aromatic N) is 3. The van der Waals surface area contributed by atoms with Gasteiger partial charge in [-0.25, -0.2) is 0 Å². The number of benzene rings is 4. The lowest BCUT2D eigenvalue weighted by molar-refractivity contribution is -0.142. The fourth-order valence-corrected chi connectivity index (χ4v) is 13.1. The van der Waals surface area contributed by atoms with Gasteiger partial charge in [-0.3, -0.25) is 72.3 Å². The largest absolute Gasteiger partial charge is 0.394 e. The number of aliphatic hydroxyl groups excluding tert-OH is 1. The van der Waals surface area contributed by atoms with Gasteiger partial charge >= 0.3 is 0 Å². The first-order chi connectivity index (χ1) is 54.6. The van der Waals surface area contributed by atoms with Crippen LogP contribution in [0.5, 0.6) is 0 Å². The topological polar surface area (TPSA) is 454 Å². The normalized spacial score (nSPS) is 14.9. The molecule has 16 N–H and O–H groups in total. The van der Waals surface area contributed by atoms with E-state index < -0.39 is 138 Å². The molecule has 1 saturated heterocycles. The number of primary amides is 1. The molecule has 0 aliphatic carbocycles. The minimum Gasteiger partial charge on any atom is -0.394 e. The van der Waals surface area contributed by atoms with Gasteiger partial charge in [0.2, 0.25) is 70.9 Å². The van der Waals surface area contributed by atoms with E-state index in [2.05, 4.69) is 79.1 Å². The number of fused-ring (bicyclic) bond motifs is 1. The summed E-state index contributed by atoms with van der Waals surface area (Å²) in [5.74, 6) is -9.84. The summed E-state index contributed by atoms with van der Waals surface area (Å²) >= 11 is 6.27. The van der Waals surface area contributed by atoms with Gasteiger partial charge in [0, 0.05) is 81.0 Å². The summed E-state index contributed by atoms with van der Waals surface area (Å²) in [6, 6.07) is 20.6. The van der Waals surface area contributed by atoms with Gasteiger partial charge in [-0.05, 0) is 160 Å². The van der Waals surface area contributed by atoms with E-state index in [4.69, 9.17) is 17.3 Å². The number of likely N-dealkylation sites (tertiary alicyclic amines) is 1. The van der Waals surface area contributed by atoms with Crippen LogP contribution in [-0.2, 0) is 83.2 Å². The summed E-state index contributed by atoms with van der Waals surface area (Å²) in [4.78, 5) is 193. The molecule has 114 heavy (non-hydrogen) atoms. The van der Waals surface area contributed by atoms with E-state index in [1.165, 1.54) is 43.4 Å². The van der Waals surface area contributed by atoms with Crippen molar-refractivity contribution in [3.05, 3.63) is 173 Å². The quantitative estimate of drug-likeness (QED) is 0.0244. The molecule has 0 spiro atoms. The summed E-state index contributed by atoms with van der Waals surface area (Å²) in [6.45, 7) is 10.1. The molecule has 6 aromatic rings. The SMILES string of the molecule is CNCC(=O)Nc1ccc(C[C@@H](NC(=O)[C@H](CCCCNC(=O)c2ccccn2)NC(=O)[C@H](CO)NC(=O)[C@@H](Cc2cccnc2)NC(=O)[C@@H](Cc2ccc(Cl)cc2)NC(=O)[C@@H](Cc2ccc3ccccc3c2)NC(C)=O)C(=O)N[C@@H](CC(C)C)C(=O)N[C@@H](CCCCNC(C)C)C(=O)N2CCC[C@H]2C(=O)N[C@H](C)C(N)=O)cc1. The summed E-state index contributed by atoms with van der Waals surface area (Å²) in [5, 5.41) is 49.5. The first-order valence-electron chi connectivity index (χ1n) is 38.6. The van der Waals surface area contributed by atoms with Crippen LogP contribution in [0.3, 0.4) is 0 Å². The van der Waals surface area contributed by atoms with Crippen LogP contribution in [0.2, 0.25) is 5.02 Å². The zero-order chi connectivity index (χ0) is 82.8. The molecule has 0 saturated carbocycles. The minimum atomic E-state index is -1.84. The van der Waals surface area contributed by atoms with Crippen LogP contribution in [-0.4, -0.2) is 203 Å². The second-order valence-electron chi connectivity index (χ2n) is 29.1. The number of carbonyl (C=O) groups excluding carboxylic acids is 13. The molecule has 612 valence electrons. The number of nitrogens with one attached hydrogen (secondary N) is 13. The molecule has 31 nitrogen and oxygen atoms in total. The second-order valence-corrected chi connectivity index (χ2v) is 29.6. The molecule has 2 aromatic heterocycles. The number of hydrogen-bond donors (Lipinski definition) is 15. The molecule has 3 heterocycles. The van der Waals surface area contributed by atoms with E-state index >= 15 is 9.59 Å². The lowest BCUT2D eigenvalue weighted by Crippen LogP contribution is -2.61. The number of unbranched alkanes of at least 4 members (excludes halogenated alkanes) is 2. The number of nitrogens with two attached hydrogens (primary N) is 1.